The minimum atomic E-state index is 0.139. The molecule has 0 aliphatic carbocycles. The highest BCUT2D eigenvalue weighted by molar-refractivity contribution is 5.43. The van der Waals surface area contributed by atoms with E-state index in [1.165, 1.54) is 0 Å². The van der Waals surface area contributed by atoms with Crippen molar-refractivity contribution in [1.29, 1.82) is 0 Å². The SMILES string of the molecule is COc1ccc2c(c1)C(NCC1COCCO1)CCO2. The van der Waals surface area contributed by atoms with Gasteiger partial charge in [0.2, 0.25) is 0 Å². The van der Waals surface area contributed by atoms with Gasteiger partial charge in [0.15, 0.2) is 0 Å². The van der Waals surface area contributed by atoms with Crippen molar-refractivity contribution < 1.29 is 18.9 Å². The van der Waals surface area contributed by atoms with Crippen LogP contribution in [0.15, 0.2) is 18.2 Å². The molecule has 0 saturated carbocycles. The fraction of sp³-hybridized carbons (Fsp3) is 0.600. The number of rotatable bonds is 4. The van der Waals surface area contributed by atoms with Gasteiger partial charge in [0.1, 0.15) is 11.5 Å². The van der Waals surface area contributed by atoms with E-state index >= 15 is 0 Å². The number of methoxy groups -OCH3 is 1. The minimum Gasteiger partial charge on any atom is -0.497 e. The summed E-state index contributed by atoms with van der Waals surface area (Å²) >= 11 is 0. The predicted octanol–water partition coefficient (Wildman–Crippen LogP) is 1.52. The predicted molar refractivity (Wildman–Crippen MR) is 74.4 cm³/mol. The van der Waals surface area contributed by atoms with Gasteiger partial charge in [0.05, 0.1) is 39.6 Å². The van der Waals surface area contributed by atoms with E-state index in [4.69, 9.17) is 18.9 Å². The highest BCUT2D eigenvalue weighted by Crippen LogP contribution is 2.34. The standard InChI is InChI=1S/C15H21NO4/c1-17-11-2-3-15-13(8-11)14(4-5-20-15)16-9-12-10-18-6-7-19-12/h2-3,8,12,14,16H,4-7,9-10H2,1H3. The molecule has 2 heterocycles. The molecular formula is C15H21NO4. The number of benzene rings is 1. The molecule has 0 aromatic heterocycles. The monoisotopic (exact) mass is 279 g/mol. The molecule has 0 amide bonds. The van der Waals surface area contributed by atoms with Crippen LogP contribution in [0.2, 0.25) is 0 Å². The smallest absolute Gasteiger partial charge is 0.124 e. The fourth-order valence-corrected chi connectivity index (χ4v) is 2.64. The average Bonchev–Trinajstić information content (AvgIpc) is 2.53. The molecule has 20 heavy (non-hydrogen) atoms. The Hall–Kier alpha value is -1.30. The lowest BCUT2D eigenvalue weighted by Crippen LogP contribution is -2.39. The van der Waals surface area contributed by atoms with Gasteiger partial charge in [0.25, 0.3) is 0 Å². The van der Waals surface area contributed by atoms with Crippen LogP contribution in [0, 0.1) is 0 Å². The van der Waals surface area contributed by atoms with Gasteiger partial charge < -0.3 is 24.3 Å². The summed E-state index contributed by atoms with van der Waals surface area (Å²) in [4.78, 5) is 0. The normalized spacial score (nSPS) is 25.6. The summed E-state index contributed by atoms with van der Waals surface area (Å²) in [5.41, 5.74) is 1.16. The van der Waals surface area contributed by atoms with Gasteiger partial charge in [-0.25, -0.2) is 0 Å². The summed E-state index contributed by atoms with van der Waals surface area (Å²) < 4.78 is 22.1. The van der Waals surface area contributed by atoms with Gasteiger partial charge in [-0.3, -0.25) is 0 Å². The third-order valence-electron chi connectivity index (χ3n) is 3.73. The molecule has 2 atom stereocenters. The van der Waals surface area contributed by atoms with Crippen molar-refractivity contribution in [2.75, 3.05) is 40.1 Å². The number of ether oxygens (including phenoxy) is 4. The van der Waals surface area contributed by atoms with Crippen molar-refractivity contribution in [2.24, 2.45) is 0 Å². The molecule has 0 spiro atoms. The Kier molecular flexibility index (Phi) is 4.40. The topological polar surface area (TPSA) is 49.0 Å². The summed E-state index contributed by atoms with van der Waals surface area (Å²) in [5, 5.41) is 3.56. The van der Waals surface area contributed by atoms with Crippen molar-refractivity contribution in [3.8, 4) is 11.5 Å². The lowest BCUT2D eigenvalue weighted by molar-refractivity contribution is -0.0873. The maximum absolute atomic E-state index is 5.69. The second-order valence-corrected chi connectivity index (χ2v) is 5.07. The molecule has 2 aliphatic heterocycles. The van der Waals surface area contributed by atoms with Crippen molar-refractivity contribution in [2.45, 2.75) is 18.6 Å². The Morgan fingerprint density at radius 2 is 2.25 bits per heavy atom. The Morgan fingerprint density at radius 3 is 3.05 bits per heavy atom. The summed E-state index contributed by atoms with van der Waals surface area (Å²) in [6, 6.07) is 6.23. The Bertz CT molecular complexity index is 445. The molecule has 5 nitrogen and oxygen atoms in total. The second kappa shape index (κ2) is 6.43. The molecule has 5 heteroatoms. The number of hydrogen-bond donors (Lipinski definition) is 1. The first-order valence-corrected chi connectivity index (χ1v) is 7.10. The third-order valence-corrected chi connectivity index (χ3v) is 3.73. The zero-order chi connectivity index (χ0) is 13.8. The lowest BCUT2D eigenvalue weighted by Gasteiger charge is -2.30. The maximum Gasteiger partial charge on any atom is 0.124 e. The van der Waals surface area contributed by atoms with E-state index in [0.29, 0.717) is 19.8 Å². The van der Waals surface area contributed by atoms with Gasteiger partial charge in [-0.15, -0.1) is 0 Å². The first-order valence-electron chi connectivity index (χ1n) is 7.10. The molecule has 1 aromatic carbocycles. The van der Waals surface area contributed by atoms with Crippen LogP contribution in [0.4, 0.5) is 0 Å². The van der Waals surface area contributed by atoms with Crippen LogP contribution in [0.1, 0.15) is 18.0 Å². The van der Waals surface area contributed by atoms with E-state index in [9.17, 15) is 0 Å². The molecular weight excluding hydrogens is 258 g/mol. The number of fused-ring (bicyclic) bond motifs is 1. The van der Waals surface area contributed by atoms with Crippen molar-refractivity contribution in [3.05, 3.63) is 23.8 Å². The third kappa shape index (κ3) is 3.06. The average molecular weight is 279 g/mol. The van der Waals surface area contributed by atoms with Crippen molar-refractivity contribution in [3.63, 3.8) is 0 Å². The summed E-state index contributed by atoms with van der Waals surface area (Å²) in [7, 11) is 1.68. The molecule has 1 aromatic rings. The lowest BCUT2D eigenvalue weighted by atomic mass is 10.00. The van der Waals surface area contributed by atoms with E-state index in [2.05, 4.69) is 5.32 Å². The van der Waals surface area contributed by atoms with Crippen molar-refractivity contribution >= 4 is 0 Å². The van der Waals surface area contributed by atoms with Crippen LogP contribution in [-0.2, 0) is 9.47 Å². The van der Waals surface area contributed by atoms with Crippen LogP contribution in [-0.4, -0.2) is 46.2 Å². The molecule has 3 rings (SSSR count). The van der Waals surface area contributed by atoms with Crippen LogP contribution in [0.5, 0.6) is 11.5 Å². The van der Waals surface area contributed by atoms with Gasteiger partial charge in [-0.2, -0.15) is 0 Å². The van der Waals surface area contributed by atoms with Crippen LogP contribution >= 0.6 is 0 Å². The van der Waals surface area contributed by atoms with Crippen LogP contribution in [0.3, 0.4) is 0 Å². The molecule has 0 radical (unpaired) electrons. The van der Waals surface area contributed by atoms with Gasteiger partial charge in [-0.1, -0.05) is 0 Å². The first kappa shape index (κ1) is 13.7. The van der Waals surface area contributed by atoms with Crippen LogP contribution < -0.4 is 14.8 Å². The zero-order valence-corrected chi connectivity index (χ0v) is 11.8. The Morgan fingerprint density at radius 1 is 1.30 bits per heavy atom. The van der Waals surface area contributed by atoms with E-state index in [1.54, 1.807) is 7.11 Å². The molecule has 110 valence electrons. The molecule has 0 bridgehead atoms. The second-order valence-electron chi connectivity index (χ2n) is 5.07. The fourth-order valence-electron chi connectivity index (χ4n) is 2.64. The van der Waals surface area contributed by atoms with Crippen LogP contribution in [0.25, 0.3) is 0 Å². The van der Waals surface area contributed by atoms with E-state index in [0.717, 1.165) is 36.6 Å². The minimum absolute atomic E-state index is 0.139. The van der Waals surface area contributed by atoms with E-state index in [1.807, 2.05) is 18.2 Å². The summed E-state index contributed by atoms with van der Waals surface area (Å²) in [6.07, 6.45) is 1.09. The molecule has 1 fully saturated rings. The molecule has 2 unspecified atom stereocenters. The van der Waals surface area contributed by atoms with E-state index < -0.39 is 0 Å². The highest BCUT2D eigenvalue weighted by atomic mass is 16.6. The summed E-state index contributed by atoms with van der Waals surface area (Å²) in [5.74, 6) is 1.80. The molecule has 1 N–H and O–H groups in total. The molecule has 2 aliphatic rings. The first-order chi connectivity index (χ1) is 9.86. The number of nitrogens with one attached hydrogen (secondary N) is 1. The largest absolute Gasteiger partial charge is 0.497 e. The quantitative estimate of drug-likeness (QED) is 0.905. The maximum atomic E-state index is 5.69. The Balaban J connectivity index is 1.65. The van der Waals surface area contributed by atoms with Gasteiger partial charge in [-0.05, 0) is 18.2 Å². The number of hydrogen-bond acceptors (Lipinski definition) is 5. The Labute approximate surface area is 119 Å². The molecule has 1 saturated heterocycles. The highest BCUT2D eigenvalue weighted by Gasteiger charge is 2.23. The summed E-state index contributed by atoms with van der Waals surface area (Å²) in [6.45, 7) is 3.58. The van der Waals surface area contributed by atoms with E-state index in [-0.39, 0.29) is 12.1 Å². The zero-order valence-electron chi connectivity index (χ0n) is 11.8. The van der Waals surface area contributed by atoms with Crippen molar-refractivity contribution in [1.82, 2.24) is 5.32 Å². The van der Waals surface area contributed by atoms with Gasteiger partial charge in [0, 0.05) is 24.6 Å². The van der Waals surface area contributed by atoms with Gasteiger partial charge >= 0.3 is 0 Å².